The SMILES string of the molecule is CC(=O)N(CCNS(=O)(=O)CCCc1ccccc1)c1ccccc1C. The van der Waals surface area contributed by atoms with Crippen molar-refractivity contribution in [2.24, 2.45) is 0 Å². The van der Waals surface area contributed by atoms with Crippen LogP contribution in [0.5, 0.6) is 0 Å². The predicted octanol–water partition coefficient (Wildman–Crippen LogP) is 2.90. The molecule has 0 aliphatic rings. The zero-order valence-corrected chi connectivity index (χ0v) is 16.1. The third-order valence-electron chi connectivity index (χ3n) is 4.17. The molecule has 2 aromatic carbocycles. The molecular weight excluding hydrogens is 348 g/mol. The maximum absolute atomic E-state index is 12.2. The van der Waals surface area contributed by atoms with E-state index in [4.69, 9.17) is 0 Å². The minimum Gasteiger partial charge on any atom is -0.311 e. The Kier molecular flexibility index (Phi) is 7.36. The largest absolute Gasteiger partial charge is 0.311 e. The number of anilines is 1. The van der Waals surface area contributed by atoms with E-state index in [1.807, 2.05) is 61.5 Å². The van der Waals surface area contributed by atoms with Crippen molar-refractivity contribution in [1.82, 2.24) is 4.72 Å². The molecule has 0 radical (unpaired) electrons. The molecule has 0 unspecified atom stereocenters. The number of nitrogens with one attached hydrogen (secondary N) is 1. The summed E-state index contributed by atoms with van der Waals surface area (Å²) in [6.07, 6.45) is 1.29. The maximum Gasteiger partial charge on any atom is 0.223 e. The third kappa shape index (κ3) is 6.28. The number of rotatable bonds is 9. The van der Waals surface area contributed by atoms with Gasteiger partial charge in [0.2, 0.25) is 15.9 Å². The molecule has 0 saturated carbocycles. The van der Waals surface area contributed by atoms with E-state index in [-0.39, 0.29) is 18.2 Å². The third-order valence-corrected chi connectivity index (χ3v) is 5.64. The molecule has 140 valence electrons. The van der Waals surface area contributed by atoms with Crippen LogP contribution >= 0.6 is 0 Å². The van der Waals surface area contributed by atoms with Gasteiger partial charge in [-0.1, -0.05) is 48.5 Å². The zero-order chi connectivity index (χ0) is 19.0. The Labute approximate surface area is 156 Å². The van der Waals surface area contributed by atoms with E-state index >= 15 is 0 Å². The number of hydrogen-bond donors (Lipinski definition) is 1. The molecule has 0 spiro atoms. The monoisotopic (exact) mass is 374 g/mol. The minimum absolute atomic E-state index is 0.0757. The number of benzene rings is 2. The lowest BCUT2D eigenvalue weighted by atomic mass is 10.1. The second kappa shape index (κ2) is 9.50. The Morgan fingerprint density at radius 3 is 2.35 bits per heavy atom. The van der Waals surface area contributed by atoms with Crippen molar-refractivity contribution in [2.75, 3.05) is 23.7 Å². The molecule has 0 aliphatic carbocycles. The van der Waals surface area contributed by atoms with Crippen molar-refractivity contribution in [2.45, 2.75) is 26.7 Å². The number of aryl methyl sites for hydroxylation is 2. The van der Waals surface area contributed by atoms with E-state index in [9.17, 15) is 13.2 Å². The quantitative estimate of drug-likeness (QED) is 0.734. The van der Waals surface area contributed by atoms with Crippen molar-refractivity contribution in [3.05, 3.63) is 65.7 Å². The zero-order valence-electron chi connectivity index (χ0n) is 15.3. The van der Waals surface area contributed by atoms with Gasteiger partial charge in [0.05, 0.1) is 5.75 Å². The van der Waals surface area contributed by atoms with Gasteiger partial charge in [-0.15, -0.1) is 0 Å². The fourth-order valence-corrected chi connectivity index (χ4v) is 3.88. The van der Waals surface area contributed by atoms with E-state index < -0.39 is 10.0 Å². The summed E-state index contributed by atoms with van der Waals surface area (Å²) >= 11 is 0. The Balaban J connectivity index is 1.84. The van der Waals surface area contributed by atoms with Gasteiger partial charge in [0, 0.05) is 25.7 Å². The molecule has 0 bridgehead atoms. The van der Waals surface area contributed by atoms with Gasteiger partial charge < -0.3 is 4.90 Å². The van der Waals surface area contributed by atoms with Crippen LogP contribution in [0.25, 0.3) is 0 Å². The predicted molar refractivity (Wildman–Crippen MR) is 106 cm³/mol. The minimum atomic E-state index is -3.35. The first-order valence-electron chi connectivity index (χ1n) is 8.74. The molecule has 1 N–H and O–H groups in total. The molecular formula is C20H26N2O3S. The average molecular weight is 375 g/mol. The van der Waals surface area contributed by atoms with Crippen LogP contribution in [0.1, 0.15) is 24.5 Å². The van der Waals surface area contributed by atoms with E-state index in [2.05, 4.69) is 4.72 Å². The Morgan fingerprint density at radius 2 is 1.69 bits per heavy atom. The molecule has 0 atom stereocenters. The Bertz CT molecular complexity index is 820. The first kappa shape index (κ1) is 20.1. The summed E-state index contributed by atoms with van der Waals surface area (Å²) in [5, 5.41) is 0. The van der Waals surface area contributed by atoms with Crippen LogP contribution in [-0.2, 0) is 21.2 Å². The Hall–Kier alpha value is -2.18. The van der Waals surface area contributed by atoms with Crippen LogP contribution in [0.3, 0.4) is 0 Å². The van der Waals surface area contributed by atoms with Crippen LogP contribution in [0.4, 0.5) is 5.69 Å². The highest BCUT2D eigenvalue weighted by molar-refractivity contribution is 7.89. The van der Waals surface area contributed by atoms with Gasteiger partial charge in [0.15, 0.2) is 0 Å². The molecule has 0 heterocycles. The molecule has 1 amide bonds. The molecule has 5 nitrogen and oxygen atoms in total. The van der Waals surface area contributed by atoms with Gasteiger partial charge in [-0.2, -0.15) is 0 Å². The molecule has 0 aliphatic heterocycles. The second-order valence-electron chi connectivity index (χ2n) is 6.26. The van der Waals surface area contributed by atoms with Crippen molar-refractivity contribution >= 4 is 21.6 Å². The lowest BCUT2D eigenvalue weighted by Gasteiger charge is -2.23. The van der Waals surface area contributed by atoms with E-state index in [0.29, 0.717) is 13.0 Å². The van der Waals surface area contributed by atoms with Crippen molar-refractivity contribution in [3.8, 4) is 0 Å². The second-order valence-corrected chi connectivity index (χ2v) is 8.19. The van der Waals surface area contributed by atoms with Gasteiger partial charge >= 0.3 is 0 Å². The van der Waals surface area contributed by atoms with E-state index in [1.165, 1.54) is 6.92 Å². The van der Waals surface area contributed by atoms with Crippen LogP contribution in [-0.4, -0.2) is 33.2 Å². The highest BCUT2D eigenvalue weighted by atomic mass is 32.2. The Morgan fingerprint density at radius 1 is 1.04 bits per heavy atom. The topological polar surface area (TPSA) is 66.5 Å². The van der Waals surface area contributed by atoms with Crippen LogP contribution < -0.4 is 9.62 Å². The highest BCUT2D eigenvalue weighted by Gasteiger charge is 2.15. The number of amides is 1. The normalized spacial score (nSPS) is 11.3. The number of hydrogen-bond acceptors (Lipinski definition) is 3. The summed E-state index contributed by atoms with van der Waals surface area (Å²) in [6, 6.07) is 17.4. The van der Waals surface area contributed by atoms with Crippen molar-refractivity contribution in [1.29, 1.82) is 0 Å². The molecule has 6 heteroatoms. The summed E-state index contributed by atoms with van der Waals surface area (Å²) in [6.45, 7) is 3.92. The summed E-state index contributed by atoms with van der Waals surface area (Å²) < 4.78 is 26.9. The number of carbonyl (C=O) groups is 1. The van der Waals surface area contributed by atoms with Crippen molar-refractivity contribution < 1.29 is 13.2 Å². The van der Waals surface area contributed by atoms with Crippen LogP contribution in [0.15, 0.2) is 54.6 Å². The first-order chi connectivity index (χ1) is 12.4. The lowest BCUT2D eigenvalue weighted by Crippen LogP contribution is -2.38. The number of carbonyl (C=O) groups excluding carboxylic acids is 1. The number of sulfonamides is 1. The molecule has 0 fully saturated rings. The first-order valence-corrected chi connectivity index (χ1v) is 10.4. The van der Waals surface area contributed by atoms with E-state index in [0.717, 1.165) is 23.2 Å². The van der Waals surface area contributed by atoms with Gasteiger partial charge in [-0.05, 0) is 37.0 Å². The molecule has 26 heavy (non-hydrogen) atoms. The van der Waals surface area contributed by atoms with Gasteiger partial charge in [-0.25, -0.2) is 13.1 Å². The molecule has 2 aromatic rings. The summed E-state index contributed by atoms with van der Waals surface area (Å²) in [5.74, 6) is -0.0330. The summed E-state index contributed by atoms with van der Waals surface area (Å²) in [5.41, 5.74) is 2.92. The maximum atomic E-state index is 12.2. The fourth-order valence-electron chi connectivity index (χ4n) is 2.81. The summed E-state index contributed by atoms with van der Waals surface area (Å²) in [4.78, 5) is 13.5. The smallest absolute Gasteiger partial charge is 0.223 e. The van der Waals surface area contributed by atoms with Gasteiger partial charge in [-0.3, -0.25) is 4.79 Å². The fraction of sp³-hybridized carbons (Fsp3) is 0.350. The molecule has 0 aromatic heterocycles. The molecule has 0 saturated heterocycles. The number of nitrogens with zero attached hydrogens (tertiary/aromatic N) is 1. The molecule has 2 rings (SSSR count). The van der Waals surface area contributed by atoms with Crippen LogP contribution in [0, 0.1) is 6.92 Å². The van der Waals surface area contributed by atoms with E-state index in [1.54, 1.807) is 4.90 Å². The summed E-state index contributed by atoms with van der Waals surface area (Å²) in [7, 11) is -3.35. The standard InChI is InChI=1S/C20H26N2O3S/c1-17-9-6-7-13-20(17)22(18(2)23)15-14-21-26(24,25)16-8-12-19-10-4-3-5-11-19/h3-7,9-11,13,21H,8,12,14-16H2,1-2H3. The van der Waals surface area contributed by atoms with Gasteiger partial charge in [0.25, 0.3) is 0 Å². The highest BCUT2D eigenvalue weighted by Crippen LogP contribution is 2.19. The van der Waals surface area contributed by atoms with Gasteiger partial charge in [0.1, 0.15) is 0 Å². The number of para-hydroxylation sites is 1. The lowest BCUT2D eigenvalue weighted by molar-refractivity contribution is -0.116. The average Bonchev–Trinajstić information content (AvgIpc) is 2.60. The van der Waals surface area contributed by atoms with Crippen LogP contribution in [0.2, 0.25) is 0 Å². The van der Waals surface area contributed by atoms with Crippen molar-refractivity contribution in [3.63, 3.8) is 0 Å².